The summed E-state index contributed by atoms with van der Waals surface area (Å²) >= 11 is 1.54. The molecule has 0 radical (unpaired) electrons. The van der Waals surface area contributed by atoms with Gasteiger partial charge in [0, 0.05) is 12.6 Å². The van der Waals surface area contributed by atoms with Crippen LogP contribution in [0.4, 0.5) is 0 Å². The molecule has 3 aromatic rings. The van der Waals surface area contributed by atoms with Crippen molar-refractivity contribution in [3.8, 4) is 16.3 Å². The quantitative estimate of drug-likeness (QED) is 0.661. The van der Waals surface area contributed by atoms with Crippen molar-refractivity contribution in [2.45, 2.75) is 27.3 Å². The molecule has 0 fully saturated rings. The summed E-state index contributed by atoms with van der Waals surface area (Å²) in [5.74, 6) is 0.290. The molecular formula is C20H22N4O3S. The van der Waals surface area contributed by atoms with Crippen LogP contribution in [-0.4, -0.2) is 33.8 Å². The zero-order valence-electron chi connectivity index (χ0n) is 16.1. The topological polar surface area (TPSA) is 86.1 Å². The van der Waals surface area contributed by atoms with Gasteiger partial charge in [0.2, 0.25) is 0 Å². The van der Waals surface area contributed by atoms with Crippen LogP contribution in [0.3, 0.4) is 0 Å². The van der Waals surface area contributed by atoms with E-state index in [-0.39, 0.29) is 24.6 Å². The molecule has 0 atom stereocenters. The standard InChI is InChI=1S/C20H22N4O3S/c1-4-27-17-8-6-5-7-15(17)20(26)21-11-12-24-18(25)10-9-16(23-24)19-13(2)22-14(3)28-19/h5-10H,4,11-12H2,1-3H3,(H,21,26). The number of benzene rings is 1. The van der Waals surface area contributed by atoms with E-state index in [0.29, 0.717) is 23.6 Å². The van der Waals surface area contributed by atoms with Crippen molar-refractivity contribution < 1.29 is 9.53 Å². The fourth-order valence-corrected chi connectivity index (χ4v) is 3.69. The highest BCUT2D eigenvalue weighted by atomic mass is 32.1. The molecule has 3 rings (SSSR count). The Kier molecular flexibility index (Phi) is 6.20. The summed E-state index contributed by atoms with van der Waals surface area (Å²) in [6, 6.07) is 10.3. The van der Waals surface area contributed by atoms with Crippen molar-refractivity contribution in [3.63, 3.8) is 0 Å². The first kappa shape index (κ1) is 19.8. The van der Waals surface area contributed by atoms with Gasteiger partial charge in [0.25, 0.3) is 11.5 Å². The van der Waals surface area contributed by atoms with E-state index in [0.717, 1.165) is 15.6 Å². The monoisotopic (exact) mass is 398 g/mol. The molecule has 2 aromatic heterocycles. The van der Waals surface area contributed by atoms with E-state index in [2.05, 4.69) is 15.4 Å². The van der Waals surface area contributed by atoms with Gasteiger partial charge >= 0.3 is 0 Å². The maximum absolute atomic E-state index is 12.4. The molecule has 0 bridgehead atoms. The maximum atomic E-state index is 12.4. The molecule has 2 heterocycles. The first-order chi connectivity index (χ1) is 13.5. The summed E-state index contributed by atoms with van der Waals surface area (Å²) < 4.78 is 6.85. The SMILES string of the molecule is CCOc1ccccc1C(=O)NCCn1nc(-c2sc(C)nc2C)ccc1=O. The minimum absolute atomic E-state index is 0.216. The number of hydrogen-bond donors (Lipinski definition) is 1. The number of aromatic nitrogens is 3. The molecule has 0 unspecified atom stereocenters. The van der Waals surface area contributed by atoms with Crippen molar-refractivity contribution in [1.29, 1.82) is 0 Å². The van der Waals surface area contributed by atoms with Crippen LogP contribution in [0.25, 0.3) is 10.6 Å². The Balaban J connectivity index is 1.70. The fourth-order valence-electron chi connectivity index (χ4n) is 2.81. The van der Waals surface area contributed by atoms with Crippen molar-refractivity contribution in [2.24, 2.45) is 0 Å². The van der Waals surface area contributed by atoms with Gasteiger partial charge in [0.15, 0.2) is 0 Å². The van der Waals surface area contributed by atoms with Gasteiger partial charge < -0.3 is 10.1 Å². The number of hydrogen-bond acceptors (Lipinski definition) is 6. The number of rotatable bonds is 7. The number of ether oxygens (including phenoxy) is 1. The Bertz CT molecular complexity index is 1040. The largest absolute Gasteiger partial charge is 0.493 e. The Hall–Kier alpha value is -3.00. The molecule has 1 aromatic carbocycles. The van der Waals surface area contributed by atoms with E-state index in [1.165, 1.54) is 10.7 Å². The number of amides is 1. The van der Waals surface area contributed by atoms with Crippen molar-refractivity contribution >= 4 is 17.2 Å². The first-order valence-electron chi connectivity index (χ1n) is 9.02. The highest BCUT2D eigenvalue weighted by Gasteiger charge is 2.13. The molecular weight excluding hydrogens is 376 g/mol. The van der Waals surface area contributed by atoms with E-state index < -0.39 is 0 Å². The summed E-state index contributed by atoms with van der Waals surface area (Å²) in [6.07, 6.45) is 0. The third kappa shape index (κ3) is 4.45. The average molecular weight is 398 g/mol. The molecule has 7 nitrogen and oxygen atoms in total. The molecule has 1 N–H and O–H groups in total. The molecule has 8 heteroatoms. The zero-order valence-corrected chi connectivity index (χ0v) is 16.9. The van der Waals surface area contributed by atoms with E-state index in [9.17, 15) is 9.59 Å². The van der Waals surface area contributed by atoms with Crippen molar-refractivity contribution in [3.05, 3.63) is 63.0 Å². The molecule has 0 aliphatic carbocycles. The van der Waals surface area contributed by atoms with Gasteiger partial charge in [-0.15, -0.1) is 11.3 Å². The number of aryl methyl sites for hydroxylation is 2. The van der Waals surface area contributed by atoms with Crippen LogP contribution in [0.15, 0.2) is 41.2 Å². The van der Waals surface area contributed by atoms with Crippen molar-refractivity contribution in [1.82, 2.24) is 20.1 Å². The van der Waals surface area contributed by atoms with Crippen LogP contribution < -0.4 is 15.6 Å². The Morgan fingerprint density at radius 1 is 1.21 bits per heavy atom. The normalized spacial score (nSPS) is 10.7. The molecule has 146 valence electrons. The van der Waals surface area contributed by atoms with Gasteiger partial charge in [-0.25, -0.2) is 9.67 Å². The van der Waals surface area contributed by atoms with Crippen molar-refractivity contribution in [2.75, 3.05) is 13.2 Å². The highest BCUT2D eigenvalue weighted by molar-refractivity contribution is 7.15. The van der Waals surface area contributed by atoms with Gasteiger partial charge in [-0.05, 0) is 39.0 Å². The number of nitrogens with one attached hydrogen (secondary N) is 1. The predicted molar refractivity (Wildman–Crippen MR) is 109 cm³/mol. The number of nitrogens with zero attached hydrogens (tertiary/aromatic N) is 3. The van der Waals surface area contributed by atoms with Crippen LogP contribution in [0.2, 0.25) is 0 Å². The predicted octanol–water partition coefficient (Wildman–Crippen LogP) is 2.81. The number of carbonyl (C=O) groups excluding carboxylic acids is 1. The van der Waals surface area contributed by atoms with Crippen LogP contribution in [-0.2, 0) is 6.54 Å². The van der Waals surface area contributed by atoms with Gasteiger partial charge in [0.05, 0.1) is 34.3 Å². The van der Waals surface area contributed by atoms with Crippen LogP contribution in [0.5, 0.6) is 5.75 Å². The minimum atomic E-state index is -0.248. The molecule has 0 spiro atoms. The molecule has 0 aliphatic rings. The van der Waals surface area contributed by atoms with Gasteiger partial charge in [-0.2, -0.15) is 5.10 Å². The molecule has 28 heavy (non-hydrogen) atoms. The summed E-state index contributed by atoms with van der Waals surface area (Å²) in [5, 5.41) is 8.20. The Morgan fingerprint density at radius 2 is 2.00 bits per heavy atom. The van der Waals surface area contributed by atoms with E-state index in [1.54, 1.807) is 35.6 Å². The highest BCUT2D eigenvalue weighted by Crippen LogP contribution is 2.27. The van der Waals surface area contributed by atoms with Gasteiger partial charge in [0.1, 0.15) is 11.4 Å². The number of para-hydroxylation sites is 1. The lowest BCUT2D eigenvalue weighted by molar-refractivity contribution is 0.0948. The number of thiazole rings is 1. The average Bonchev–Trinajstić information content (AvgIpc) is 3.02. The summed E-state index contributed by atoms with van der Waals surface area (Å²) in [7, 11) is 0. The lowest BCUT2D eigenvalue weighted by atomic mass is 10.2. The second-order valence-electron chi connectivity index (χ2n) is 6.11. The minimum Gasteiger partial charge on any atom is -0.493 e. The molecule has 0 saturated carbocycles. The summed E-state index contributed by atoms with van der Waals surface area (Å²) in [5.41, 5.74) is 1.84. The third-order valence-corrected chi connectivity index (χ3v) is 5.14. The Labute approximate surface area is 167 Å². The fraction of sp³-hybridized carbons (Fsp3) is 0.300. The van der Waals surface area contributed by atoms with E-state index >= 15 is 0 Å². The summed E-state index contributed by atoms with van der Waals surface area (Å²) in [4.78, 5) is 29.9. The van der Waals surface area contributed by atoms with Crippen LogP contribution in [0, 0.1) is 13.8 Å². The Morgan fingerprint density at radius 3 is 2.71 bits per heavy atom. The summed E-state index contributed by atoms with van der Waals surface area (Å²) in [6.45, 7) is 6.75. The van der Waals surface area contributed by atoms with Gasteiger partial charge in [-0.3, -0.25) is 9.59 Å². The van der Waals surface area contributed by atoms with E-state index in [4.69, 9.17) is 4.74 Å². The second-order valence-corrected chi connectivity index (χ2v) is 7.32. The van der Waals surface area contributed by atoms with Gasteiger partial charge in [-0.1, -0.05) is 12.1 Å². The first-order valence-corrected chi connectivity index (χ1v) is 9.84. The van der Waals surface area contributed by atoms with Crippen LogP contribution >= 0.6 is 11.3 Å². The molecule has 0 aliphatic heterocycles. The maximum Gasteiger partial charge on any atom is 0.266 e. The molecule has 1 amide bonds. The molecule has 0 saturated heterocycles. The van der Waals surface area contributed by atoms with E-state index in [1.807, 2.05) is 26.8 Å². The lowest BCUT2D eigenvalue weighted by Crippen LogP contribution is -2.32. The lowest BCUT2D eigenvalue weighted by Gasteiger charge is -2.11. The second kappa shape index (κ2) is 8.79. The number of carbonyl (C=O) groups is 1. The van der Waals surface area contributed by atoms with Crippen LogP contribution in [0.1, 0.15) is 28.0 Å². The zero-order chi connectivity index (χ0) is 20.1. The third-order valence-electron chi connectivity index (χ3n) is 4.04. The smallest absolute Gasteiger partial charge is 0.266 e.